The van der Waals surface area contributed by atoms with Crippen LogP contribution in [0.15, 0.2) is 47.8 Å². The molecule has 1 nitrogen and oxygen atoms in total. The summed E-state index contributed by atoms with van der Waals surface area (Å²) in [5, 5.41) is 4.81. The average Bonchev–Trinajstić information content (AvgIpc) is 2.87. The standard InChI is InChI=1S/C16H15NS/c1-11-6-7-12-4-2-3-5-15(12)16(11)13-8-14(9-17)18-10-13/h2-8,10H,9,17H2,1H3. The van der Waals surface area contributed by atoms with Gasteiger partial charge in [0.15, 0.2) is 0 Å². The van der Waals surface area contributed by atoms with Crippen molar-refractivity contribution in [3.63, 3.8) is 0 Å². The van der Waals surface area contributed by atoms with Crippen LogP contribution in [0.3, 0.4) is 0 Å². The van der Waals surface area contributed by atoms with Crippen molar-refractivity contribution in [2.75, 3.05) is 0 Å². The summed E-state index contributed by atoms with van der Waals surface area (Å²) in [5.74, 6) is 0. The van der Waals surface area contributed by atoms with Gasteiger partial charge in [-0.1, -0.05) is 36.4 Å². The highest BCUT2D eigenvalue weighted by Gasteiger charge is 2.08. The molecule has 1 aromatic heterocycles. The third-order valence-electron chi connectivity index (χ3n) is 3.28. The van der Waals surface area contributed by atoms with Gasteiger partial charge >= 0.3 is 0 Å². The third kappa shape index (κ3) is 1.84. The SMILES string of the molecule is Cc1ccc2ccccc2c1-c1csc(CN)c1. The van der Waals surface area contributed by atoms with Crippen LogP contribution in [0.25, 0.3) is 21.9 Å². The Morgan fingerprint density at radius 3 is 2.72 bits per heavy atom. The molecule has 0 fully saturated rings. The van der Waals surface area contributed by atoms with Crippen molar-refractivity contribution in [3.8, 4) is 11.1 Å². The number of hydrogen-bond donors (Lipinski definition) is 1. The van der Waals surface area contributed by atoms with Gasteiger partial charge in [0.25, 0.3) is 0 Å². The van der Waals surface area contributed by atoms with Crippen molar-refractivity contribution in [2.24, 2.45) is 5.73 Å². The molecule has 2 aromatic carbocycles. The first-order valence-electron chi connectivity index (χ1n) is 6.06. The molecule has 0 unspecified atom stereocenters. The fourth-order valence-electron chi connectivity index (χ4n) is 2.38. The lowest BCUT2D eigenvalue weighted by atomic mass is 9.95. The van der Waals surface area contributed by atoms with Gasteiger partial charge in [-0.2, -0.15) is 0 Å². The van der Waals surface area contributed by atoms with Crippen LogP contribution in [-0.4, -0.2) is 0 Å². The molecule has 0 atom stereocenters. The van der Waals surface area contributed by atoms with Crippen LogP contribution in [0.2, 0.25) is 0 Å². The molecule has 90 valence electrons. The summed E-state index contributed by atoms with van der Waals surface area (Å²) in [4.78, 5) is 1.23. The van der Waals surface area contributed by atoms with Crippen LogP contribution in [0.1, 0.15) is 10.4 Å². The lowest BCUT2D eigenvalue weighted by Crippen LogP contribution is -1.91. The largest absolute Gasteiger partial charge is 0.326 e. The fraction of sp³-hybridized carbons (Fsp3) is 0.125. The molecule has 3 aromatic rings. The van der Waals surface area contributed by atoms with E-state index in [9.17, 15) is 0 Å². The molecule has 0 saturated heterocycles. The van der Waals surface area contributed by atoms with E-state index in [0.29, 0.717) is 6.54 Å². The maximum absolute atomic E-state index is 5.70. The van der Waals surface area contributed by atoms with Crippen molar-refractivity contribution in [3.05, 3.63) is 58.3 Å². The predicted molar refractivity (Wildman–Crippen MR) is 79.9 cm³/mol. The third-order valence-corrected chi connectivity index (χ3v) is 4.24. The molecule has 0 bridgehead atoms. The molecule has 18 heavy (non-hydrogen) atoms. The van der Waals surface area contributed by atoms with Gasteiger partial charge in [0, 0.05) is 11.4 Å². The van der Waals surface area contributed by atoms with E-state index >= 15 is 0 Å². The molecule has 0 aliphatic heterocycles. The van der Waals surface area contributed by atoms with Gasteiger partial charge in [0.1, 0.15) is 0 Å². The molecular weight excluding hydrogens is 238 g/mol. The summed E-state index contributed by atoms with van der Waals surface area (Å²) in [6, 6.07) is 15.1. The number of thiophene rings is 1. The number of benzene rings is 2. The van der Waals surface area contributed by atoms with E-state index in [1.54, 1.807) is 11.3 Å². The first-order chi connectivity index (χ1) is 8.79. The maximum atomic E-state index is 5.70. The minimum atomic E-state index is 0.620. The highest BCUT2D eigenvalue weighted by Crippen LogP contribution is 2.34. The second kappa shape index (κ2) is 4.56. The maximum Gasteiger partial charge on any atom is 0.0274 e. The summed E-state index contributed by atoms with van der Waals surface area (Å²) in [6.07, 6.45) is 0. The number of hydrogen-bond acceptors (Lipinski definition) is 2. The van der Waals surface area contributed by atoms with Crippen molar-refractivity contribution in [2.45, 2.75) is 13.5 Å². The molecule has 2 heteroatoms. The molecule has 0 spiro atoms. The van der Waals surface area contributed by atoms with Crippen LogP contribution in [0.4, 0.5) is 0 Å². The Morgan fingerprint density at radius 2 is 1.94 bits per heavy atom. The molecule has 0 radical (unpaired) electrons. The summed E-state index contributed by atoms with van der Waals surface area (Å²) in [7, 11) is 0. The minimum Gasteiger partial charge on any atom is -0.326 e. The normalized spacial score (nSPS) is 11.0. The molecule has 0 amide bonds. The van der Waals surface area contributed by atoms with Crippen LogP contribution in [0, 0.1) is 6.92 Å². The van der Waals surface area contributed by atoms with Crippen molar-refractivity contribution in [1.29, 1.82) is 0 Å². The van der Waals surface area contributed by atoms with E-state index in [1.165, 1.54) is 32.3 Å². The Balaban J connectivity index is 2.29. The van der Waals surface area contributed by atoms with Crippen LogP contribution >= 0.6 is 11.3 Å². The molecule has 0 aliphatic rings. The lowest BCUT2D eigenvalue weighted by molar-refractivity contribution is 1.11. The second-order valence-electron chi connectivity index (χ2n) is 4.48. The molecule has 0 saturated carbocycles. The van der Waals surface area contributed by atoms with Crippen molar-refractivity contribution in [1.82, 2.24) is 0 Å². The summed E-state index contributed by atoms with van der Waals surface area (Å²) in [6.45, 7) is 2.79. The quantitative estimate of drug-likeness (QED) is 0.722. The van der Waals surface area contributed by atoms with Gasteiger partial charge < -0.3 is 5.73 Å². The Morgan fingerprint density at radius 1 is 1.11 bits per heavy atom. The monoisotopic (exact) mass is 253 g/mol. The smallest absolute Gasteiger partial charge is 0.0274 e. The minimum absolute atomic E-state index is 0.620. The molecular formula is C16H15NS. The van der Waals surface area contributed by atoms with E-state index in [2.05, 4.69) is 54.8 Å². The van der Waals surface area contributed by atoms with Gasteiger partial charge in [-0.15, -0.1) is 11.3 Å². The van der Waals surface area contributed by atoms with Crippen LogP contribution < -0.4 is 5.73 Å². The van der Waals surface area contributed by atoms with E-state index in [4.69, 9.17) is 5.73 Å². The van der Waals surface area contributed by atoms with Crippen molar-refractivity contribution < 1.29 is 0 Å². The first-order valence-corrected chi connectivity index (χ1v) is 6.94. The summed E-state index contributed by atoms with van der Waals surface area (Å²) >= 11 is 1.74. The highest BCUT2D eigenvalue weighted by atomic mass is 32.1. The Kier molecular flexibility index (Phi) is 2.90. The topological polar surface area (TPSA) is 26.0 Å². The predicted octanol–water partition coefficient (Wildman–Crippen LogP) is 4.34. The molecule has 3 rings (SSSR count). The second-order valence-corrected chi connectivity index (χ2v) is 5.48. The zero-order valence-corrected chi connectivity index (χ0v) is 11.1. The van der Waals surface area contributed by atoms with E-state index in [0.717, 1.165) is 0 Å². The van der Waals surface area contributed by atoms with Crippen LogP contribution in [-0.2, 0) is 6.54 Å². The Bertz CT molecular complexity index is 697. The van der Waals surface area contributed by atoms with Gasteiger partial charge in [0.05, 0.1) is 0 Å². The van der Waals surface area contributed by atoms with Gasteiger partial charge in [-0.3, -0.25) is 0 Å². The van der Waals surface area contributed by atoms with Gasteiger partial charge in [-0.05, 0) is 45.8 Å². The Hall–Kier alpha value is -1.64. The summed E-state index contributed by atoms with van der Waals surface area (Å²) in [5.41, 5.74) is 9.64. The number of fused-ring (bicyclic) bond motifs is 1. The van der Waals surface area contributed by atoms with Crippen molar-refractivity contribution >= 4 is 22.1 Å². The van der Waals surface area contributed by atoms with E-state index in [-0.39, 0.29) is 0 Å². The fourth-order valence-corrected chi connectivity index (χ4v) is 3.14. The highest BCUT2D eigenvalue weighted by molar-refractivity contribution is 7.10. The average molecular weight is 253 g/mol. The molecule has 0 aliphatic carbocycles. The zero-order valence-electron chi connectivity index (χ0n) is 10.3. The number of nitrogens with two attached hydrogens (primary N) is 1. The number of aryl methyl sites for hydroxylation is 1. The summed E-state index contributed by atoms with van der Waals surface area (Å²) < 4.78 is 0. The van der Waals surface area contributed by atoms with Gasteiger partial charge in [-0.25, -0.2) is 0 Å². The van der Waals surface area contributed by atoms with Gasteiger partial charge in [0.2, 0.25) is 0 Å². The first kappa shape index (κ1) is 11.5. The molecule has 1 heterocycles. The van der Waals surface area contributed by atoms with E-state index in [1.807, 2.05) is 0 Å². The Labute approximate surface area is 111 Å². The van der Waals surface area contributed by atoms with Crippen LogP contribution in [0.5, 0.6) is 0 Å². The van der Waals surface area contributed by atoms with E-state index < -0.39 is 0 Å². The lowest BCUT2D eigenvalue weighted by Gasteiger charge is -2.08. The zero-order chi connectivity index (χ0) is 12.5. The number of rotatable bonds is 2. The molecule has 2 N–H and O–H groups in total.